The second-order valence-corrected chi connectivity index (χ2v) is 17.9. The van der Waals surface area contributed by atoms with Gasteiger partial charge in [-0.25, -0.2) is 9.78 Å². The number of carbonyl (C=O) groups is 4. The van der Waals surface area contributed by atoms with Gasteiger partial charge in [0, 0.05) is 74.7 Å². The number of hydrogen-bond acceptors (Lipinski definition) is 13. The Morgan fingerprint density at radius 2 is 1.79 bits per heavy atom. The standard InChI is InChI=1S/C46H69N5O10/c1-12-14-20-49(10)35-23-29(4)58-43(39(35)54)60-41-31(6)38(53)32(7)42(55)59-36(13-2)46(9)40(30(5)37(52)28(3)24-45(41,8)57-11)51(44(56)61-46)22-16-15-21-50-26-34(48-27-50)33-18-17-19-47-25-33/h12,17-19,25-32,35-36,39-41,43,54H,1,13-16,20-24H2,2-11H3/t28-,29-,30+,31+,32-,35+,36-,39-,40?,41-,43+,45-,46-/m1/s1. The molecule has 0 spiro atoms. The van der Waals surface area contributed by atoms with Gasteiger partial charge in [0.15, 0.2) is 17.7 Å². The van der Waals surface area contributed by atoms with Gasteiger partial charge in [-0.3, -0.25) is 19.4 Å². The van der Waals surface area contributed by atoms with Gasteiger partial charge in [0.05, 0.1) is 35.9 Å². The molecule has 15 heteroatoms. The fraction of sp³-hybridized carbons (Fsp3) is 0.696. The van der Waals surface area contributed by atoms with Gasteiger partial charge < -0.3 is 43.2 Å². The number of amides is 1. The van der Waals surface area contributed by atoms with Crippen molar-refractivity contribution in [2.45, 2.75) is 154 Å². The van der Waals surface area contributed by atoms with Crippen molar-refractivity contribution in [2.75, 3.05) is 27.2 Å². The van der Waals surface area contributed by atoms with Crippen LogP contribution in [0.1, 0.15) is 93.9 Å². The van der Waals surface area contributed by atoms with E-state index in [1.807, 2.05) is 56.8 Å². The van der Waals surface area contributed by atoms with Crippen molar-refractivity contribution in [3.63, 3.8) is 0 Å². The number of rotatable bonds is 14. The number of Topliss-reactive ketones (excluding diaryl/α,β-unsaturated/α-hetero) is 2. The zero-order valence-electron chi connectivity index (χ0n) is 37.8. The van der Waals surface area contributed by atoms with Gasteiger partial charge in [-0.1, -0.05) is 33.8 Å². The van der Waals surface area contributed by atoms with Crippen LogP contribution in [0.3, 0.4) is 0 Å². The molecule has 3 aliphatic rings. The number of cyclic esters (lactones) is 1. The van der Waals surface area contributed by atoms with E-state index in [1.54, 1.807) is 51.3 Å². The average molecular weight is 852 g/mol. The van der Waals surface area contributed by atoms with Crippen molar-refractivity contribution >= 4 is 23.6 Å². The Kier molecular flexibility index (Phi) is 16.1. The maximum atomic E-state index is 14.8. The first kappa shape index (κ1) is 48.0. The van der Waals surface area contributed by atoms with Crippen LogP contribution in [0.15, 0.2) is 49.7 Å². The van der Waals surface area contributed by atoms with Crippen LogP contribution in [0, 0.1) is 23.7 Å². The molecule has 0 aliphatic carbocycles. The van der Waals surface area contributed by atoms with Crippen LogP contribution in [0.5, 0.6) is 0 Å². The number of pyridine rings is 1. The van der Waals surface area contributed by atoms with E-state index < -0.39 is 83.4 Å². The number of likely N-dealkylation sites (N-methyl/N-ethyl adjacent to an activating group) is 1. The summed E-state index contributed by atoms with van der Waals surface area (Å²) in [6.45, 7) is 19.5. The van der Waals surface area contributed by atoms with Crippen LogP contribution in [-0.4, -0.2) is 134 Å². The summed E-state index contributed by atoms with van der Waals surface area (Å²) < 4.78 is 33.5. The van der Waals surface area contributed by atoms with Crippen LogP contribution < -0.4 is 0 Å². The lowest BCUT2D eigenvalue weighted by Crippen LogP contribution is -2.60. The second kappa shape index (κ2) is 20.4. The monoisotopic (exact) mass is 852 g/mol. The van der Waals surface area contributed by atoms with Crippen molar-refractivity contribution in [3.05, 3.63) is 49.7 Å². The quantitative estimate of drug-likeness (QED) is 0.104. The molecule has 5 rings (SSSR count). The molecule has 2 aromatic heterocycles. The molecule has 15 nitrogen and oxygen atoms in total. The first-order valence-corrected chi connectivity index (χ1v) is 22.0. The third-order valence-electron chi connectivity index (χ3n) is 13.4. The molecule has 3 aliphatic heterocycles. The number of aryl methyl sites for hydroxylation is 1. The van der Waals surface area contributed by atoms with E-state index in [4.69, 9.17) is 23.7 Å². The summed E-state index contributed by atoms with van der Waals surface area (Å²) in [6.07, 6.45) is 6.87. The van der Waals surface area contributed by atoms with Crippen molar-refractivity contribution in [2.24, 2.45) is 23.7 Å². The molecule has 1 N–H and O–H groups in total. The molecule has 2 aromatic rings. The maximum absolute atomic E-state index is 14.8. The van der Waals surface area contributed by atoms with E-state index in [9.17, 15) is 24.3 Å². The lowest BCUT2D eigenvalue weighted by Gasteiger charge is -2.47. The summed E-state index contributed by atoms with van der Waals surface area (Å²) in [4.78, 5) is 69.5. The van der Waals surface area contributed by atoms with E-state index in [2.05, 4.69) is 21.4 Å². The van der Waals surface area contributed by atoms with Gasteiger partial charge in [-0.2, -0.15) is 0 Å². The van der Waals surface area contributed by atoms with Crippen LogP contribution in [0.2, 0.25) is 0 Å². The van der Waals surface area contributed by atoms with Crippen LogP contribution in [-0.2, 0) is 44.6 Å². The minimum atomic E-state index is -1.41. The minimum Gasteiger partial charge on any atom is -0.458 e. The van der Waals surface area contributed by atoms with Crippen molar-refractivity contribution in [1.29, 1.82) is 0 Å². The van der Waals surface area contributed by atoms with E-state index in [1.165, 1.54) is 14.0 Å². The molecule has 61 heavy (non-hydrogen) atoms. The number of methoxy groups -OCH3 is 1. The number of fused-ring (bicyclic) bond motifs is 1. The van der Waals surface area contributed by atoms with Gasteiger partial charge in [-0.15, -0.1) is 6.58 Å². The number of unbranched alkanes of at least 4 members (excludes halogenated alkanes) is 1. The van der Waals surface area contributed by atoms with Crippen LogP contribution in [0.4, 0.5) is 4.79 Å². The number of aromatic nitrogens is 3. The molecule has 0 radical (unpaired) electrons. The predicted octanol–water partition coefficient (Wildman–Crippen LogP) is 5.88. The second-order valence-electron chi connectivity index (χ2n) is 17.9. The highest BCUT2D eigenvalue weighted by atomic mass is 16.7. The number of esters is 1. The molecule has 3 fully saturated rings. The van der Waals surface area contributed by atoms with Crippen LogP contribution in [0.25, 0.3) is 11.3 Å². The van der Waals surface area contributed by atoms with E-state index >= 15 is 0 Å². The zero-order valence-corrected chi connectivity index (χ0v) is 37.8. The minimum absolute atomic E-state index is 0.121. The number of ether oxygens (including phenoxy) is 5. The number of carbonyl (C=O) groups excluding carboxylic acids is 4. The molecule has 3 saturated heterocycles. The van der Waals surface area contributed by atoms with Gasteiger partial charge in [0.25, 0.3) is 0 Å². The predicted molar refractivity (Wildman–Crippen MR) is 228 cm³/mol. The Hall–Kier alpha value is -4.02. The Balaban J connectivity index is 1.43. The molecule has 1 unspecified atom stereocenters. The number of hydrogen-bond donors (Lipinski definition) is 1. The van der Waals surface area contributed by atoms with Crippen molar-refractivity contribution < 1.29 is 48.0 Å². The fourth-order valence-electron chi connectivity index (χ4n) is 9.82. The summed E-state index contributed by atoms with van der Waals surface area (Å²) >= 11 is 0. The van der Waals surface area contributed by atoms with Crippen molar-refractivity contribution in [3.8, 4) is 11.3 Å². The lowest BCUT2D eigenvalue weighted by molar-refractivity contribution is -0.296. The van der Waals surface area contributed by atoms with Crippen molar-refractivity contribution in [1.82, 2.24) is 24.3 Å². The molecule has 13 atom stereocenters. The van der Waals surface area contributed by atoms with E-state index in [0.717, 1.165) is 17.7 Å². The lowest BCUT2D eigenvalue weighted by atomic mass is 9.73. The summed E-state index contributed by atoms with van der Waals surface area (Å²) in [6, 6.07) is 2.71. The smallest absolute Gasteiger partial charge is 0.410 e. The van der Waals surface area contributed by atoms with Gasteiger partial charge in [0.1, 0.15) is 23.9 Å². The SMILES string of the molecule is C=CCCN(C)[C@H]1C[C@@H](C)O[C@@H](O[C@@H]2[C@@H](C)C(=O)[C@@H](C)C(=O)O[C@H](CC)[C@@]3(C)OC(=O)N(CCCCn4cnc(-c5cccnc5)c4)C3[C@@H](C)C(=O)[C@H](C)C[C@@]2(C)OC)[C@@H]1O. The molecule has 338 valence electrons. The molecule has 1 amide bonds. The first-order valence-electron chi connectivity index (χ1n) is 22.0. The normalized spacial score (nSPS) is 35.4. The molecule has 0 saturated carbocycles. The van der Waals surface area contributed by atoms with E-state index in [-0.39, 0.29) is 30.8 Å². The van der Waals surface area contributed by atoms with E-state index in [0.29, 0.717) is 38.9 Å². The highest BCUT2D eigenvalue weighted by molar-refractivity contribution is 6.00. The Morgan fingerprint density at radius 3 is 2.44 bits per heavy atom. The molecule has 5 heterocycles. The third-order valence-corrected chi connectivity index (χ3v) is 13.4. The topological polar surface area (TPSA) is 172 Å². The highest BCUT2D eigenvalue weighted by Crippen LogP contribution is 2.43. The first-order chi connectivity index (χ1) is 28.9. The van der Waals surface area contributed by atoms with Gasteiger partial charge >= 0.3 is 12.1 Å². The molecular weight excluding hydrogens is 783 g/mol. The highest BCUT2D eigenvalue weighted by Gasteiger charge is 2.60. The molecule has 0 aromatic carbocycles. The molecular formula is C46H69N5O10. The summed E-state index contributed by atoms with van der Waals surface area (Å²) in [5.74, 6) is -5.01. The summed E-state index contributed by atoms with van der Waals surface area (Å²) in [7, 11) is 3.43. The van der Waals surface area contributed by atoms with Gasteiger partial charge in [-0.05, 0) is 85.4 Å². The molecule has 0 bridgehead atoms. The number of aliphatic hydroxyl groups excluding tert-OH is 1. The summed E-state index contributed by atoms with van der Waals surface area (Å²) in [5.41, 5.74) is -0.966. The Morgan fingerprint density at radius 1 is 1.07 bits per heavy atom. The van der Waals surface area contributed by atoms with Gasteiger partial charge in [0.2, 0.25) is 0 Å². The summed E-state index contributed by atoms with van der Waals surface area (Å²) in [5, 5.41) is 11.7. The fourth-order valence-corrected chi connectivity index (χ4v) is 9.82. The number of imidazole rings is 1. The Bertz CT molecular complexity index is 1830. The maximum Gasteiger partial charge on any atom is 0.410 e. The number of nitrogens with zero attached hydrogens (tertiary/aromatic N) is 5. The third kappa shape index (κ3) is 10.4. The largest absolute Gasteiger partial charge is 0.458 e. The number of ketones is 2. The number of aliphatic hydroxyl groups is 1. The zero-order chi connectivity index (χ0) is 44.8. The van der Waals surface area contributed by atoms with Crippen LogP contribution >= 0.6 is 0 Å². The average Bonchev–Trinajstić information content (AvgIpc) is 3.83. The Labute approximate surface area is 361 Å².